The van der Waals surface area contributed by atoms with Crippen LogP contribution in [0.1, 0.15) is 24.5 Å². The van der Waals surface area contributed by atoms with Crippen LogP contribution in [0, 0.1) is 24.2 Å². The van der Waals surface area contributed by atoms with Crippen LogP contribution in [0.15, 0.2) is 18.2 Å². The molecule has 0 radical (unpaired) electrons. The van der Waals surface area contributed by atoms with Crippen LogP contribution in [0.4, 0.5) is 0 Å². The Labute approximate surface area is 110 Å². The number of hydrogen-bond acceptors (Lipinski definition) is 3. The highest BCUT2D eigenvalue weighted by Crippen LogP contribution is 2.18. The summed E-state index contributed by atoms with van der Waals surface area (Å²) in [5.41, 5.74) is 2.46. The fourth-order valence-corrected chi connectivity index (χ4v) is 1.89. The molecule has 0 aliphatic rings. The molecule has 1 rings (SSSR count). The maximum absolute atomic E-state index is 8.83. The lowest BCUT2D eigenvalue weighted by Crippen LogP contribution is -2.23. The molecule has 0 aliphatic heterocycles. The van der Waals surface area contributed by atoms with Gasteiger partial charge in [0, 0.05) is 6.54 Å². The van der Waals surface area contributed by atoms with Gasteiger partial charge in [0.15, 0.2) is 0 Å². The molecular formula is C15H22N2O. The zero-order valence-corrected chi connectivity index (χ0v) is 11.5. The van der Waals surface area contributed by atoms with Crippen LogP contribution in [-0.4, -0.2) is 20.2 Å². The Bertz CT molecular complexity index is 409. The van der Waals surface area contributed by atoms with Crippen molar-refractivity contribution in [2.45, 2.75) is 26.7 Å². The third-order valence-corrected chi connectivity index (χ3v) is 3.12. The van der Waals surface area contributed by atoms with Crippen molar-refractivity contribution in [3.63, 3.8) is 0 Å². The summed E-state index contributed by atoms with van der Waals surface area (Å²) < 4.78 is 5.23. The highest BCUT2D eigenvalue weighted by molar-refractivity contribution is 5.36. The third kappa shape index (κ3) is 4.38. The zero-order valence-electron chi connectivity index (χ0n) is 11.5. The Morgan fingerprint density at radius 3 is 2.78 bits per heavy atom. The number of benzene rings is 1. The van der Waals surface area contributed by atoms with E-state index in [0.29, 0.717) is 0 Å². The molecule has 18 heavy (non-hydrogen) atoms. The smallest absolute Gasteiger partial charge is 0.121 e. The van der Waals surface area contributed by atoms with E-state index in [1.807, 2.05) is 13.0 Å². The van der Waals surface area contributed by atoms with Gasteiger partial charge < -0.3 is 10.1 Å². The predicted octanol–water partition coefficient (Wildman–Crippen LogP) is 2.69. The van der Waals surface area contributed by atoms with Gasteiger partial charge in [0.2, 0.25) is 0 Å². The second-order valence-electron chi connectivity index (χ2n) is 4.49. The topological polar surface area (TPSA) is 45.0 Å². The van der Waals surface area contributed by atoms with E-state index in [9.17, 15) is 0 Å². The normalized spacial score (nSPS) is 11.9. The van der Waals surface area contributed by atoms with Crippen molar-refractivity contribution < 1.29 is 4.74 Å². The summed E-state index contributed by atoms with van der Waals surface area (Å²) in [7, 11) is 1.69. The molecule has 1 atom stereocenters. The minimum atomic E-state index is 0.127. The van der Waals surface area contributed by atoms with Crippen molar-refractivity contribution in [3.8, 4) is 11.8 Å². The van der Waals surface area contributed by atoms with Crippen molar-refractivity contribution in [2.75, 3.05) is 20.2 Å². The first-order valence-electron chi connectivity index (χ1n) is 6.45. The van der Waals surface area contributed by atoms with E-state index >= 15 is 0 Å². The Balaban J connectivity index is 2.36. The predicted molar refractivity (Wildman–Crippen MR) is 73.7 cm³/mol. The molecule has 1 aromatic rings. The molecule has 0 bridgehead atoms. The lowest BCUT2D eigenvalue weighted by molar-refractivity contribution is 0.411. The lowest BCUT2D eigenvalue weighted by atomic mass is 10.1. The van der Waals surface area contributed by atoms with E-state index in [2.05, 4.69) is 30.4 Å². The first kappa shape index (κ1) is 14.5. The van der Waals surface area contributed by atoms with Gasteiger partial charge in [0.25, 0.3) is 0 Å². The van der Waals surface area contributed by atoms with Crippen LogP contribution in [0.25, 0.3) is 0 Å². The van der Waals surface area contributed by atoms with Gasteiger partial charge in [-0.3, -0.25) is 0 Å². The minimum absolute atomic E-state index is 0.127. The number of aryl methyl sites for hydroxylation is 1. The van der Waals surface area contributed by atoms with E-state index in [1.165, 1.54) is 11.1 Å². The average Bonchev–Trinajstić information content (AvgIpc) is 2.39. The summed E-state index contributed by atoms with van der Waals surface area (Å²) >= 11 is 0. The second-order valence-corrected chi connectivity index (χ2v) is 4.49. The number of hydrogen-bond donors (Lipinski definition) is 1. The Hall–Kier alpha value is -1.53. The summed E-state index contributed by atoms with van der Waals surface area (Å²) in [4.78, 5) is 0. The number of nitrogens with zero attached hydrogens (tertiary/aromatic N) is 1. The molecule has 1 aromatic carbocycles. The van der Waals surface area contributed by atoms with Gasteiger partial charge in [-0.25, -0.2) is 0 Å². The Kier molecular flexibility index (Phi) is 6.24. The van der Waals surface area contributed by atoms with Crippen molar-refractivity contribution in [1.29, 1.82) is 5.26 Å². The third-order valence-electron chi connectivity index (χ3n) is 3.12. The molecule has 0 aliphatic carbocycles. The van der Waals surface area contributed by atoms with E-state index in [1.54, 1.807) is 7.11 Å². The molecule has 0 spiro atoms. The molecule has 3 heteroatoms. The maximum atomic E-state index is 8.83. The highest BCUT2D eigenvalue weighted by Gasteiger charge is 2.03. The van der Waals surface area contributed by atoms with Gasteiger partial charge in [-0.1, -0.05) is 19.1 Å². The Morgan fingerprint density at radius 2 is 2.22 bits per heavy atom. The maximum Gasteiger partial charge on any atom is 0.121 e. The molecule has 1 unspecified atom stereocenters. The highest BCUT2D eigenvalue weighted by atomic mass is 16.5. The van der Waals surface area contributed by atoms with Gasteiger partial charge in [0.05, 0.1) is 19.1 Å². The van der Waals surface area contributed by atoms with Crippen molar-refractivity contribution in [3.05, 3.63) is 29.3 Å². The second kappa shape index (κ2) is 7.73. The molecular weight excluding hydrogens is 224 g/mol. The Morgan fingerprint density at radius 1 is 1.44 bits per heavy atom. The molecule has 0 saturated carbocycles. The fourth-order valence-electron chi connectivity index (χ4n) is 1.89. The van der Waals surface area contributed by atoms with Crippen molar-refractivity contribution in [1.82, 2.24) is 5.32 Å². The van der Waals surface area contributed by atoms with Crippen LogP contribution < -0.4 is 10.1 Å². The van der Waals surface area contributed by atoms with Crippen molar-refractivity contribution >= 4 is 0 Å². The molecule has 0 amide bonds. The fraction of sp³-hybridized carbons (Fsp3) is 0.533. The number of ether oxygens (including phenoxy) is 1. The quantitative estimate of drug-likeness (QED) is 0.752. The van der Waals surface area contributed by atoms with Gasteiger partial charge in [-0.2, -0.15) is 5.26 Å². The average molecular weight is 246 g/mol. The first-order valence-corrected chi connectivity index (χ1v) is 6.45. The van der Waals surface area contributed by atoms with E-state index in [0.717, 1.165) is 31.7 Å². The van der Waals surface area contributed by atoms with Crippen LogP contribution in [0.3, 0.4) is 0 Å². The van der Waals surface area contributed by atoms with Crippen LogP contribution in [0.5, 0.6) is 5.75 Å². The van der Waals surface area contributed by atoms with Gasteiger partial charge >= 0.3 is 0 Å². The number of nitrogens with one attached hydrogen (secondary N) is 1. The van der Waals surface area contributed by atoms with Crippen LogP contribution in [-0.2, 0) is 6.42 Å². The van der Waals surface area contributed by atoms with Gasteiger partial charge in [0.1, 0.15) is 5.75 Å². The molecule has 0 aromatic heterocycles. The molecule has 98 valence electrons. The minimum Gasteiger partial charge on any atom is -0.496 e. The molecule has 1 N–H and O–H groups in total. The van der Waals surface area contributed by atoms with E-state index < -0.39 is 0 Å². The van der Waals surface area contributed by atoms with Crippen molar-refractivity contribution in [2.24, 2.45) is 5.92 Å². The van der Waals surface area contributed by atoms with Crippen LogP contribution >= 0.6 is 0 Å². The first-order chi connectivity index (χ1) is 8.71. The molecule has 0 fully saturated rings. The summed E-state index contributed by atoms with van der Waals surface area (Å²) in [5.74, 6) is 1.06. The summed E-state index contributed by atoms with van der Waals surface area (Å²) in [6.45, 7) is 5.78. The summed E-state index contributed by atoms with van der Waals surface area (Å²) in [6, 6.07) is 8.55. The van der Waals surface area contributed by atoms with Gasteiger partial charge in [-0.15, -0.1) is 0 Å². The summed E-state index contributed by atoms with van der Waals surface area (Å²) in [5, 5.41) is 12.2. The SMILES string of the molecule is CCC(C#N)CNCCc1ccc(OC)c(C)c1. The zero-order chi connectivity index (χ0) is 13.4. The number of rotatable bonds is 7. The van der Waals surface area contributed by atoms with E-state index in [4.69, 9.17) is 10.00 Å². The van der Waals surface area contributed by atoms with Crippen LogP contribution in [0.2, 0.25) is 0 Å². The largest absolute Gasteiger partial charge is 0.496 e. The number of methoxy groups -OCH3 is 1. The number of nitriles is 1. The lowest BCUT2D eigenvalue weighted by Gasteiger charge is -2.09. The summed E-state index contributed by atoms with van der Waals surface area (Å²) in [6.07, 6.45) is 1.89. The molecule has 0 heterocycles. The molecule has 3 nitrogen and oxygen atoms in total. The molecule has 0 saturated heterocycles. The van der Waals surface area contributed by atoms with E-state index in [-0.39, 0.29) is 5.92 Å². The monoisotopic (exact) mass is 246 g/mol. The standard InChI is InChI=1S/C15H22N2O/c1-4-13(10-16)11-17-8-7-14-5-6-15(18-3)12(2)9-14/h5-6,9,13,17H,4,7-8,11H2,1-3H3. The van der Waals surface area contributed by atoms with Gasteiger partial charge in [-0.05, 0) is 43.5 Å².